The summed E-state index contributed by atoms with van der Waals surface area (Å²) in [4.78, 5) is 20.4. The molecule has 1 amide bonds. The van der Waals surface area contributed by atoms with Crippen LogP contribution < -0.4 is 15.4 Å². The molecule has 0 unspecified atom stereocenters. The number of nitrogens with zero attached hydrogens (tertiary/aromatic N) is 2. The maximum absolute atomic E-state index is 13.4. The van der Waals surface area contributed by atoms with Crippen molar-refractivity contribution in [2.75, 3.05) is 30.5 Å². The summed E-state index contributed by atoms with van der Waals surface area (Å²) in [6.07, 6.45) is 2.55. The summed E-state index contributed by atoms with van der Waals surface area (Å²) in [6, 6.07) is 7.65. The molecule has 30 heavy (non-hydrogen) atoms. The minimum atomic E-state index is -0.516. The molecular weight excluding hydrogens is 411 g/mol. The first-order valence-electron chi connectivity index (χ1n) is 9.16. The van der Waals surface area contributed by atoms with Gasteiger partial charge in [-0.25, -0.2) is 14.4 Å². The van der Waals surface area contributed by atoms with Gasteiger partial charge in [-0.1, -0.05) is 18.2 Å². The largest absolute Gasteiger partial charge is 0.489 e. The number of carbonyl (C=O) groups excluding carboxylic acids is 1. The number of anilines is 3. The van der Waals surface area contributed by atoms with Crippen molar-refractivity contribution in [1.82, 2.24) is 9.97 Å². The van der Waals surface area contributed by atoms with Crippen molar-refractivity contribution >= 4 is 45.6 Å². The molecule has 0 saturated carbocycles. The van der Waals surface area contributed by atoms with E-state index in [9.17, 15) is 9.18 Å². The molecule has 9 heteroatoms. The lowest BCUT2D eigenvalue weighted by molar-refractivity contribution is -0.111. The predicted octanol–water partition coefficient (Wildman–Crippen LogP) is 4.71. The van der Waals surface area contributed by atoms with E-state index < -0.39 is 5.82 Å². The van der Waals surface area contributed by atoms with Crippen LogP contribution in [0, 0.1) is 5.82 Å². The van der Waals surface area contributed by atoms with E-state index in [2.05, 4.69) is 27.2 Å². The molecule has 0 saturated heterocycles. The zero-order valence-corrected chi connectivity index (χ0v) is 17.0. The number of benzene rings is 2. The van der Waals surface area contributed by atoms with Gasteiger partial charge >= 0.3 is 0 Å². The molecule has 3 rings (SSSR count). The Hall–Kier alpha value is -3.23. The van der Waals surface area contributed by atoms with Crippen LogP contribution in [0.5, 0.6) is 5.75 Å². The monoisotopic (exact) mass is 430 g/mol. The van der Waals surface area contributed by atoms with Gasteiger partial charge in [-0.05, 0) is 37.3 Å². The van der Waals surface area contributed by atoms with E-state index in [0.717, 1.165) is 6.08 Å². The number of hydrogen-bond acceptors (Lipinski definition) is 6. The Morgan fingerprint density at radius 2 is 2.10 bits per heavy atom. The molecule has 3 aromatic rings. The molecule has 0 aliphatic carbocycles. The minimum Gasteiger partial charge on any atom is -0.489 e. The fraction of sp³-hybridized carbons (Fsp3) is 0.190. The fourth-order valence-corrected chi connectivity index (χ4v) is 2.83. The van der Waals surface area contributed by atoms with Crippen LogP contribution in [0.15, 0.2) is 49.3 Å². The highest BCUT2D eigenvalue weighted by molar-refractivity contribution is 6.31. The van der Waals surface area contributed by atoms with E-state index in [1.807, 2.05) is 6.92 Å². The van der Waals surface area contributed by atoms with Gasteiger partial charge in [0.1, 0.15) is 30.3 Å². The smallest absolute Gasteiger partial charge is 0.247 e. The lowest BCUT2D eigenvalue weighted by atomic mass is 10.1. The van der Waals surface area contributed by atoms with Gasteiger partial charge in [0.15, 0.2) is 0 Å². The number of ether oxygens (including phenoxy) is 2. The van der Waals surface area contributed by atoms with E-state index in [1.165, 1.54) is 18.5 Å². The number of carbonyl (C=O) groups is 1. The van der Waals surface area contributed by atoms with Crippen LogP contribution in [0.25, 0.3) is 10.9 Å². The quantitative estimate of drug-likeness (QED) is 0.378. The number of rotatable bonds is 9. The molecule has 1 aromatic heterocycles. The Balaban J connectivity index is 1.98. The van der Waals surface area contributed by atoms with Crippen LogP contribution in [-0.2, 0) is 9.53 Å². The molecule has 0 radical (unpaired) electrons. The zero-order valence-electron chi connectivity index (χ0n) is 16.2. The SMILES string of the molecule is C=CC(=O)Nc1cc2c(Nc3ccc(F)c(Cl)c3)ncnc2cc1OCCOCC. The summed E-state index contributed by atoms with van der Waals surface area (Å²) in [5.74, 6) is -0.0109. The zero-order chi connectivity index (χ0) is 21.5. The summed E-state index contributed by atoms with van der Waals surface area (Å²) < 4.78 is 24.5. The van der Waals surface area contributed by atoms with Gasteiger partial charge in [0, 0.05) is 23.7 Å². The third-order valence-electron chi connectivity index (χ3n) is 4.05. The average Bonchev–Trinajstić information content (AvgIpc) is 2.74. The van der Waals surface area contributed by atoms with Gasteiger partial charge in [0.05, 0.1) is 22.8 Å². The summed E-state index contributed by atoms with van der Waals surface area (Å²) >= 11 is 5.86. The van der Waals surface area contributed by atoms with Crippen molar-refractivity contribution in [1.29, 1.82) is 0 Å². The predicted molar refractivity (Wildman–Crippen MR) is 115 cm³/mol. The maximum atomic E-state index is 13.4. The second-order valence-electron chi connectivity index (χ2n) is 6.08. The summed E-state index contributed by atoms with van der Waals surface area (Å²) in [5, 5.41) is 6.43. The number of fused-ring (bicyclic) bond motifs is 1. The Bertz CT molecular complexity index is 1080. The van der Waals surface area contributed by atoms with Gasteiger partial charge in [0.25, 0.3) is 0 Å². The van der Waals surface area contributed by atoms with Crippen LogP contribution in [0.3, 0.4) is 0 Å². The van der Waals surface area contributed by atoms with Crippen molar-refractivity contribution in [3.63, 3.8) is 0 Å². The second-order valence-corrected chi connectivity index (χ2v) is 6.49. The Morgan fingerprint density at radius 3 is 2.83 bits per heavy atom. The van der Waals surface area contributed by atoms with E-state index in [1.54, 1.807) is 18.2 Å². The van der Waals surface area contributed by atoms with Crippen LogP contribution in [-0.4, -0.2) is 35.7 Å². The number of aromatic nitrogens is 2. The topological polar surface area (TPSA) is 85.4 Å². The van der Waals surface area contributed by atoms with Gasteiger partial charge in [-0.2, -0.15) is 0 Å². The third-order valence-corrected chi connectivity index (χ3v) is 4.34. The lowest BCUT2D eigenvalue weighted by Crippen LogP contribution is -2.12. The standard InChI is InChI=1S/C21H20ClFN4O3/c1-3-20(28)27-18-10-14-17(11-19(18)30-8-7-29-4-2)24-12-25-21(14)26-13-5-6-16(23)15(22)9-13/h3,5-6,9-12H,1,4,7-8H2,2H3,(H,27,28)(H,24,25,26). The highest BCUT2D eigenvalue weighted by Crippen LogP contribution is 2.33. The normalized spacial score (nSPS) is 10.6. The highest BCUT2D eigenvalue weighted by Gasteiger charge is 2.13. The Morgan fingerprint density at radius 1 is 1.27 bits per heavy atom. The van der Waals surface area contributed by atoms with E-state index >= 15 is 0 Å². The fourth-order valence-electron chi connectivity index (χ4n) is 2.65. The van der Waals surface area contributed by atoms with Crippen LogP contribution >= 0.6 is 11.6 Å². The molecule has 0 atom stereocenters. The third kappa shape index (κ3) is 5.22. The number of hydrogen-bond donors (Lipinski definition) is 2. The van der Waals surface area contributed by atoms with E-state index in [-0.39, 0.29) is 10.9 Å². The van der Waals surface area contributed by atoms with Crippen LogP contribution in [0.4, 0.5) is 21.6 Å². The molecule has 0 bridgehead atoms. The molecule has 156 valence electrons. The van der Waals surface area contributed by atoms with Gasteiger partial charge in [-0.3, -0.25) is 4.79 Å². The molecular formula is C21H20ClFN4O3. The van der Waals surface area contributed by atoms with Crippen LogP contribution in [0.1, 0.15) is 6.92 Å². The number of amides is 1. The summed E-state index contributed by atoms with van der Waals surface area (Å²) in [6.45, 7) is 6.66. The first-order chi connectivity index (χ1) is 14.5. The molecule has 1 heterocycles. The molecule has 0 spiro atoms. The highest BCUT2D eigenvalue weighted by atomic mass is 35.5. The first-order valence-corrected chi connectivity index (χ1v) is 9.54. The van der Waals surface area contributed by atoms with E-state index in [0.29, 0.717) is 53.7 Å². The van der Waals surface area contributed by atoms with Crippen molar-refractivity contribution in [3.05, 3.63) is 60.2 Å². The maximum Gasteiger partial charge on any atom is 0.247 e. The summed E-state index contributed by atoms with van der Waals surface area (Å²) in [7, 11) is 0. The number of halogens is 2. The van der Waals surface area contributed by atoms with Crippen LogP contribution in [0.2, 0.25) is 5.02 Å². The van der Waals surface area contributed by atoms with E-state index in [4.69, 9.17) is 21.1 Å². The molecule has 0 fully saturated rings. The summed E-state index contributed by atoms with van der Waals surface area (Å²) in [5.41, 5.74) is 1.57. The molecule has 2 N–H and O–H groups in total. The van der Waals surface area contributed by atoms with Crippen molar-refractivity contribution < 1.29 is 18.7 Å². The Kier molecular flexibility index (Phi) is 7.16. The molecule has 0 aliphatic rings. The van der Waals surface area contributed by atoms with Gasteiger partial charge < -0.3 is 20.1 Å². The Labute approximate surface area is 177 Å². The average molecular weight is 431 g/mol. The molecule has 7 nitrogen and oxygen atoms in total. The lowest BCUT2D eigenvalue weighted by Gasteiger charge is -2.15. The molecule has 2 aromatic carbocycles. The van der Waals surface area contributed by atoms with Crippen molar-refractivity contribution in [2.45, 2.75) is 6.92 Å². The minimum absolute atomic E-state index is 0.0118. The van der Waals surface area contributed by atoms with Crippen molar-refractivity contribution in [2.24, 2.45) is 0 Å². The molecule has 0 aliphatic heterocycles. The number of nitrogens with one attached hydrogen (secondary N) is 2. The second kappa shape index (κ2) is 10.00. The van der Waals surface area contributed by atoms with Gasteiger partial charge in [0.2, 0.25) is 5.91 Å². The first kappa shape index (κ1) is 21.5. The van der Waals surface area contributed by atoms with Crippen molar-refractivity contribution in [3.8, 4) is 5.75 Å². The van der Waals surface area contributed by atoms with Gasteiger partial charge in [-0.15, -0.1) is 0 Å².